The minimum Gasteiger partial charge on any atom is -0.469 e. The molecule has 0 spiro atoms. The van der Waals surface area contributed by atoms with Gasteiger partial charge in [-0.1, -0.05) is 71.2 Å². The summed E-state index contributed by atoms with van der Waals surface area (Å²) in [5, 5.41) is -0.542. The lowest BCUT2D eigenvalue weighted by molar-refractivity contribution is -0.144. The highest BCUT2D eigenvalue weighted by atomic mass is 32.2. The summed E-state index contributed by atoms with van der Waals surface area (Å²) < 4.78 is 48.2. The monoisotopic (exact) mass is 640 g/mol. The summed E-state index contributed by atoms with van der Waals surface area (Å²) in [6.07, 6.45) is 1.23. The Morgan fingerprint density at radius 1 is 0.610 bits per heavy atom. The number of hydrogen-bond acceptors (Lipinski definition) is 8. The predicted molar refractivity (Wildman–Crippen MR) is 181 cm³/mol. The number of methoxy groups -OCH3 is 1. The van der Waals surface area contributed by atoms with Crippen LogP contribution in [0.15, 0.2) is 0 Å². The topological polar surface area (TPSA) is 135 Å². The molecule has 0 atom stereocenters. The average Bonchev–Trinajstić information content (AvgIpc) is 2.72. The lowest BCUT2D eigenvalue weighted by Gasteiger charge is -2.13. The first-order valence-electron chi connectivity index (χ1n) is 12.1. The molecule has 258 valence electrons. The van der Waals surface area contributed by atoms with Gasteiger partial charge in [0.2, 0.25) is 15.9 Å². The molecule has 0 bridgehead atoms. The zero-order valence-electron chi connectivity index (χ0n) is 26.4. The predicted octanol–water partition coefficient (Wildman–Crippen LogP) is 6.05. The van der Waals surface area contributed by atoms with Crippen LogP contribution in [0.1, 0.15) is 106 Å². The molecule has 0 heterocycles. The van der Waals surface area contributed by atoms with Crippen LogP contribution in [0.4, 0.5) is 0 Å². The van der Waals surface area contributed by atoms with E-state index in [0.717, 1.165) is 0 Å². The lowest BCUT2D eigenvalue weighted by Crippen LogP contribution is -2.29. The lowest BCUT2D eigenvalue weighted by atomic mass is 10.1. The molecular weight excluding hydrogens is 568 g/mol. The van der Waals surface area contributed by atoms with E-state index in [1.54, 1.807) is 67.5 Å². The second-order valence-electron chi connectivity index (χ2n) is 10.1. The smallest absolute Gasteiger partial charge is 0.308 e. The molecule has 0 aromatic rings. The molecule has 0 aromatic carbocycles. The van der Waals surface area contributed by atoms with Crippen LogP contribution < -0.4 is 0 Å². The summed E-state index contributed by atoms with van der Waals surface area (Å²) in [5.74, 6) is 0.639. The molecule has 0 aliphatic rings. The maximum absolute atomic E-state index is 11.0. The Kier molecular flexibility index (Phi) is 48.2. The van der Waals surface area contributed by atoms with Crippen LogP contribution in [-0.2, 0) is 39.0 Å². The highest BCUT2D eigenvalue weighted by Crippen LogP contribution is 2.01. The number of hydrogen-bond donors (Lipinski definition) is 0. The van der Waals surface area contributed by atoms with E-state index in [1.165, 1.54) is 31.8 Å². The number of carbonyl (C=O) groups excluding carboxylic acids is 3. The van der Waals surface area contributed by atoms with E-state index in [-0.39, 0.29) is 75.6 Å². The average molecular weight is 641 g/mol. The van der Waals surface area contributed by atoms with Crippen molar-refractivity contribution in [2.45, 2.75) is 116 Å². The quantitative estimate of drug-likeness (QED) is 0.320. The third-order valence-corrected chi connectivity index (χ3v) is 8.30. The Morgan fingerprint density at radius 2 is 0.878 bits per heavy atom. The fourth-order valence-corrected chi connectivity index (χ4v) is 2.02. The van der Waals surface area contributed by atoms with Crippen molar-refractivity contribution in [3.8, 4) is 0 Å². The van der Waals surface area contributed by atoms with Crippen molar-refractivity contribution in [3.05, 3.63) is 0 Å². The van der Waals surface area contributed by atoms with Crippen LogP contribution in [0, 0.1) is 17.8 Å². The highest BCUT2D eigenvalue weighted by molar-refractivity contribution is 7.91. The van der Waals surface area contributed by atoms with Crippen molar-refractivity contribution in [2.75, 3.05) is 41.6 Å². The zero-order valence-corrected chi connectivity index (χ0v) is 28.0. The van der Waals surface area contributed by atoms with Crippen LogP contribution >= 0.6 is 0 Å². The fraction of sp³-hybridized carbons (Fsp3) is 0.897. The Morgan fingerprint density at radius 3 is 0.878 bits per heavy atom. The molecule has 41 heavy (non-hydrogen) atoms. The number of esters is 1. The van der Waals surface area contributed by atoms with Crippen LogP contribution in [0.5, 0.6) is 0 Å². The van der Waals surface area contributed by atoms with Crippen LogP contribution in [0.2, 0.25) is 0 Å². The van der Waals surface area contributed by atoms with Gasteiger partial charge < -0.3 is 9.64 Å². The number of rotatable bonds is 6. The van der Waals surface area contributed by atoms with E-state index < -0.39 is 19.9 Å². The SMILES string of the molecule is C.C.C.C.CC(=O)C(C)C.CC(C)C(=O)N(C)C.CC(C)S(=O)(=O)N(C)C.CC(C)S(C)(=O)=O.COC(=O)C(C)C. The highest BCUT2D eigenvalue weighted by Gasteiger charge is 2.17. The van der Waals surface area contributed by atoms with Gasteiger partial charge in [0.25, 0.3) is 0 Å². The van der Waals surface area contributed by atoms with Gasteiger partial charge in [0.1, 0.15) is 15.6 Å². The summed E-state index contributed by atoms with van der Waals surface area (Å²) in [5.41, 5.74) is 0. The molecule has 0 fully saturated rings. The van der Waals surface area contributed by atoms with Gasteiger partial charge in [0, 0.05) is 46.3 Å². The number of amides is 1. The minimum atomic E-state index is -2.98. The Labute approximate surface area is 258 Å². The fourth-order valence-electron chi connectivity index (χ4n) is 1.17. The number of carbonyl (C=O) groups is 3. The van der Waals surface area contributed by atoms with Crippen LogP contribution in [0.3, 0.4) is 0 Å². The maximum atomic E-state index is 11.0. The molecule has 0 radical (unpaired) electrons. The largest absolute Gasteiger partial charge is 0.469 e. The van der Waals surface area contributed by atoms with E-state index in [2.05, 4.69) is 4.74 Å². The van der Waals surface area contributed by atoms with E-state index >= 15 is 0 Å². The van der Waals surface area contributed by atoms with Gasteiger partial charge in [0.15, 0.2) is 0 Å². The number of sulfonamides is 1. The van der Waals surface area contributed by atoms with Crippen molar-refractivity contribution in [3.63, 3.8) is 0 Å². The molecule has 0 saturated carbocycles. The van der Waals surface area contributed by atoms with Gasteiger partial charge in [-0.3, -0.25) is 14.4 Å². The van der Waals surface area contributed by atoms with E-state index in [4.69, 9.17) is 0 Å². The Bertz CT molecular complexity index is 807. The molecule has 10 nitrogen and oxygen atoms in total. The molecule has 1 amide bonds. The molecule has 12 heteroatoms. The van der Waals surface area contributed by atoms with Gasteiger partial charge in [0.05, 0.1) is 23.5 Å². The van der Waals surface area contributed by atoms with Gasteiger partial charge in [-0.15, -0.1) is 0 Å². The van der Waals surface area contributed by atoms with E-state index in [0.29, 0.717) is 0 Å². The second kappa shape index (κ2) is 31.4. The van der Waals surface area contributed by atoms with Crippen LogP contribution in [-0.4, -0.2) is 95.8 Å². The molecule has 0 unspecified atom stereocenters. The Balaban J connectivity index is -0.0000000438. The third kappa shape index (κ3) is 43.1. The molecule has 0 aliphatic carbocycles. The molecule has 0 rings (SSSR count). The molecule has 0 N–H and O–H groups in total. The summed E-state index contributed by atoms with van der Waals surface area (Å²) in [6.45, 7) is 19.4. The second-order valence-corrected chi connectivity index (χ2v) is 15.4. The maximum Gasteiger partial charge on any atom is 0.308 e. The van der Waals surface area contributed by atoms with Crippen molar-refractivity contribution in [1.82, 2.24) is 9.21 Å². The first-order chi connectivity index (χ1) is 16.2. The van der Waals surface area contributed by atoms with Crippen LogP contribution in [0.25, 0.3) is 0 Å². The van der Waals surface area contributed by atoms with Crippen molar-refractivity contribution in [2.24, 2.45) is 17.8 Å². The summed E-state index contributed by atoms with van der Waals surface area (Å²) in [4.78, 5) is 32.8. The summed E-state index contributed by atoms with van der Waals surface area (Å²) in [7, 11) is 2.28. The Hall–Kier alpha value is -1.53. The van der Waals surface area contributed by atoms with E-state index in [1.807, 2.05) is 27.7 Å². The summed E-state index contributed by atoms with van der Waals surface area (Å²) >= 11 is 0. The van der Waals surface area contributed by atoms with Crippen molar-refractivity contribution >= 4 is 37.5 Å². The van der Waals surface area contributed by atoms with Crippen molar-refractivity contribution < 1.29 is 36.0 Å². The third-order valence-electron chi connectivity index (χ3n) is 4.38. The number of nitrogens with zero attached hydrogens (tertiary/aromatic N) is 2. The van der Waals surface area contributed by atoms with Gasteiger partial charge >= 0.3 is 5.97 Å². The first kappa shape index (κ1) is 62.9. The summed E-state index contributed by atoms with van der Waals surface area (Å²) in [6, 6.07) is 0. The normalized spacial score (nSPS) is 9.83. The first-order valence-corrected chi connectivity index (χ1v) is 15.6. The van der Waals surface area contributed by atoms with Gasteiger partial charge in [-0.05, 0) is 34.6 Å². The zero-order chi connectivity index (χ0) is 31.5. The number of sulfone groups is 1. The van der Waals surface area contributed by atoms with Gasteiger partial charge in [-0.2, -0.15) is 0 Å². The number of Topliss-reactive ketones (excluding diaryl/α,β-unsaturated/α-hetero) is 1. The minimum absolute atomic E-state index is 0. The van der Waals surface area contributed by atoms with Gasteiger partial charge in [-0.25, -0.2) is 21.1 Å². The van der Waals surface area contributed by atoms with E-state index in [9.17, 15) is 31.2 Å². The standard InChI is InChI=1S/C6H13NO.C5H13NO2S.C5H10O2.C5H10O.C4H10O2S.4CH4/c1-5(2)6(8)7(3)4;1-5(2)9(7,8)6(3)4;1-4(2)5(6)7-3;1-4(2)5(3)6;1-4(2)7(3,5)6;;;;/h5H,1-4H3;5H,1-4H3;4H,1-3H3;4H,1-3H3;4H,1-3H3;4*1H4. The molecule has 0 aliphatic heterocycles. The molecule has 0 aromatic heterocycles. The molecule has 0 saturated heterocycles. The molecular formula is C29H72N2O8S2. The number of ether oxygens (including phenoxy) is 1. The van der Waals surface area contributed by atoms with Crippen molar-refractivity contribution in [1.29, 1.82) is 0 Å². The number of ketones is 1.